The van der Waals surface area contributed by atoms with Crippen molar-refractivity contribution >= 4 is 16.8 Å². The van der Waals surface area contributed by atoms with Crippen molar-refractivity contribution in [2.75, 3.05) is 26.2 Å². The normalized spacial score (nSPS) is 16.4. The molecule has 1 fully saturated rings. The highest BCUT2D eigenvalue weighted by Gasteiger charge is 2.43. The van der Waals surface area contributed by atoms with Crippen molar-refractivity contribution in [1.29, 1.82) is 0 Å². The first-order chi connectivity index (χ1) is 12.5. The number of rotatable bonds is 5. The van der Waals surface area contributed by atoms with Gasteiger partial charge < -0.3 is 5.32 Å². The molecule has 3 heterocycles. The van der Waals surface area contributed by atoms with Gasteiger partial charge in [-0.15, -0.1) is 0 Å². The third kappa shape index (κ3) is 3.28. The topological polar surface area (TPSA) is 73.9 Å². The van der Waals surface area contributed by atoms with Crippen molar-refractivity contribution in [3.8, 4) is 11.1 Å². The number of fused-ring (bicyclic) bond motifs is 1. The average Bonchev–Trinajstić information content (AvgIpc) is 3.04. The van der Waals surface area contributed by atoms with Gasteiger partial charge in [-0.1, -0.05) is 12.1 Å². The smallest absolute Gasteiger partial charge is 0.272 e. The number of carbonyl (C=O) groups excluding carboxylic acids is 1. The molecule has 1 aromatic carbocycles. The molecule has 0 saturated carbocycles. The fourth-order valence-electron chi connectivity index (χ4n) is 3.08. The fraction of sp³-hybridized carbons (Fsp3) is 0.278. The van der Waals surface area contributed by atoms with Gasteiger partial charge in [0, 0.05) is 36.4 Å². The van der Waals surface area contributed by atoms with Crippen LogP contribution in [0, 0.1) is 0 Å². The third-order valence-electron chi connectivity index (χ3n) is 4.40. The average molecular weight is 357 g/mol. The summed E-state index contributed by atoms with van der Waals surface area (Å²) in [7, 11) is 0. The minimum Gasteiger partial charge on any atom is -0.349 e. The standard InChI is InChI=1S/C18H17F2N5O/c19-18(20)10-25(11-18)7-6-22-17(26)16-14-8-12(3-4-15(14)23-24-16)13-2-1-5-21-9-13/h1-5,8-9H,6-7,10-11H2,(H,22,26)(H,23,24). The molecule has 0 bridgehead atoms. The number of hydrogen-bond acceptors (Lipinski definition) is 4. The molecule has 0 unspecified atom stereocenters. The van der Waals surface area contributed by atoms with Gasteiger partial charge in [-0.05, 0) is 23.8 Å². The van der Waals surface area contributed by atoms with Gasteiger partial charge in [-0.2, -0.15) is 5.10 Å². The predicted octanol–water partition coefficient (Wildman–Crippen LogP) is 2.31. The summed E-state index contributed by atoms with van der Waals surface area (Å²) in [6.45, 7) is 0.196. The van der Waals surface area contributed by atoms with Crippen molar-refractivity contribution in [3.05, 3.63) is 48.4 Å². The Morgan fingerprint density at radius 1 is 1.27 bits per heavy atom. The number of carbonyl (C=O) groups is 1. The van der Waals surface area contributed by atoms with Crippen LogP contribution in [0.15, 0.2) is 42.7 Å². The Morgan fingerprint density at radius 2 is 2.12 bits per heavy atom. The summed E-state index contributed by atoms with van der Waals surface area (Å²) in [6, 6.07) is 9.48. The fourth-order valence-corrected chi connectivity index (χ4v) is 3.08. The van der Waals surface area contributed by atoms with Gasteiger partial charge in [0.1, 0.15) is 0 Å². The maximum atomic E-state index is 12.8. The van der Waals surface area contributed by atoms with Gasteiger partial charge in [-0.25, -0.2) is 8.78 Å². The molecule has 0 atom stereocenters. The second-order valence-electron chi connectivity index (χ2n) is 6.40. The van der Waals surface area contributed by atoms with Crippen molar-refractivity contribution in [2.45, 2.75) is 5.92 Å². The Kier molecular flexibility index (Phi) is 4.12. The summed E-state index contributed by atoms with van der Waals surface area (Å²) in [4.78, 5) is 18.1. The Morgan fingerprint density at radius 3 is 2.85 bits per heavy atom. The lowest BCUT2D eigenvalue weighted by atomic mass is 10.0. The van der Waals surface area contributed by atoms with Gasteiger partial charge in [0.15, 0.2) is 5.69 Å². The molecule has 2 N–H and O–H groups in total. The molecule has 0 radical (unpaired) electrons. The van der Waals surface area contributed by atoms with Crippen molar-refractivity contribution in [1.82, 2.24) is 25.4 Å². The predicted molar refractivity (Wildman–Crippen MR) is 93.0 cm³/mol. The van der Waals surface area contributed by atoms with Crippen LogP contribution in [0.3, 0.4) is 0 Å². The second-order valence-corrected chi connectivity index (χ2v) is 6.40. The van der Waals surface area contributed by atoms with Gasteiger partial charge in [0.25, 0.3) is 11.8 Å². The highest BCUT2D eigenvalue weighted by Crippen LogP contribution is 2.26. The van der Waals surface area contributed by atoms with Crippen LogP contribution in [0.25, 0.3) is 22.0 Å². The van der Waals surface area contributed by atoms with E-state index in [9.17, 15) is 13.6 Å². The maximum absolute atomic E-state index is 12.8. The number of nitrogens with zero attached hydrogens (tertiary/aromatic N) is 3. The Hall–Kier alpha value is -2.87. The van der Waals surface area contributed by atoms with Crippen molar-refractivity contribution in [3.63, 3.8) is 0 Å². The van der Waals surface area contributed by atoms with Crippen molar-refractivity contribution < 1.29 is 13.6 Å². The number of amides is 1. The van der Waals surface area contributed by atoms with Gasteiger partial charge in [0.2, 0.25) is 0 Å². The van der Waals surface area contributed by atoms with E-state index < -0.39 is 5.92 Å². The van der Waals surface area contributed by atoms with Gasteiger partial charge >= 0.3 is 0 Å². The van der Waals surface area contributed by atoms with Crippen LogP contribution >= 0.6 is 0 Å². The van der Waals surface area contributed by atoms with E-state index in [1.807, 2.05) is 30.3 Å². The molecule has 1 saturated heterocycles. The molecular weight excluding hydrogens is 340 g/mol. The number of H-pyrrole nitrogens is 1. The molecule has 0 spiro atoms. The van der Waals surface area contributed by atoms with Crippen LogP contribution in [-0.4, -0.2) is 58.1 Å². The first-order valence-corrected chi connectivity index (χ1v) is 8.29. The van der Waals surface area contributed by atoms with E-state index in [-0.39, 0.29) is 19.0 Å². The molecule has 6 nitrogen and oxygen atoms in total. The van der Waals surface area contributed by atoms with Gasteiger partial charge in [-0.3, -0.25) is 19.8 Å². The SMILES string of the molecule is O=C(NCCN1CC(F)(F)C1)c1n[nH]c2ccc(-c3cccnc3)cc12. The Balaban J connectivity index is 1.46. The Labute approximate surface area is 148 Å². The van der Waals surface area contributed by atoms with Crippen LogP contribution in [0.1, 0.15) is 10.5 Å². The zero-order valence-electron chi connectivity index (χ0n) is 13.9. The number of aromatic amines is 1. The summed E-state index contributed by atoms with van der Waals surface area (Å²) < 4.78 is 25.6. The molecule has 1 aliphatic rings. The molecule has 134 valence electrons. The summed E-state index contributed by atoms with van der Waals surface area (Å²) >= 11 is 0. The lowest BCUT2D eigenvalue weighted by Crippen LogP contribution is -2.57. The number of halogens is 2. The van der Waals surface area contributed by atoms with E-state index >= 15 is 0 Å². The number of hydrogen-bond donors (Lipinski definition) is 2. The largest absolute Gasteiger partial charge is 0.349 e. The number of nitrogens with one attached hydrogen (secondary N) is 2. The summed E-state index contributed by atoms with van der Waals surface area (Å²) in [5.41, 5.74) is 2.93. The van der Waals surface area contributed by atoms with Crippen LogP contribution in [0.5, 0.6) is 0 Å². The molecule has 2 aromatic heterocycles. The molecule has 4 rings (SSSR count). The zero-order chi connectivity index (χ0) is 18.1. The van der Waals surface area contributed by atoms with Gasteiger partial charge in [0.05, 0.1) is 18.6 Å². The molecule has 3 aromatic rings. The zero-order valence-corrected chi connectivity index (χ0v) is 13.9. The molecule has 0 aliphatic carbocycles. The number of aromatic nitrogens is 3. The number of likely N-dealkylation sites (tertiary alicyclic amines) is 1. The lowest BCUT2D eigenvalue weighted by Gasteiger charge is -2.38. The minimum absolute atomic E-state index is 0.247. The minimum atomic E-state index is -2.59. The number of alkyl halides is 2. The summed E-state index contributed by atoms with van der Waals surface area (Å²) in [5.74, 6) is -2.92. The molecule has 8 heteroatoms. The molecule has 1 amide bonds. The van der Waals surface area contributed by atoms with Crippen LogP contribution in [0.4, 0.5) is 8.78 Å². The third-order valence-corrected chi connectivity index (χ3v) is 4.40. The van der Waals surface area contributed by atoms with Crippen LogP contribution < -0.4 is 5.32 Å². The van der Waals surface area contributed by atoms with Crippen molar-refractivity contribution in [2.24, 2.45) is 0 Å². The van der Waals surface area contributed by atoms with E-state index in [1.54, 1.807) is 17.3 Å². The van der Waals surface area contributed by atoms with E-state index in [1.165, 1.54) is 0 Å². The monoisotopic (exact) mass is 357 g/mol. The first-order valence-electron chi connectivity index (χ1n) is 8.29. The molecule has 1 aliphatic heterocycles. The first kappa shape index (κ1) is 16.6. The maximum Gasteiger partial charge on any atom is 0.272 e. The quantitative estimate of drug-likeness (QED) is 0.735. The summed E-state index contributed by atoms with van der Waals surface area (Å²) in [6.07, 6.45) is 3.45. The Bertz CT molecular complexity index is 933. The van der Waals surface area contributed by atoms with E-state index in [2.05, 4.69) is 20.5 Å². The summed E-state index contributed by atoms with van der Waals surface area (Å²) in [5, 5.41) is 10.4. The highest BCUT2D eigenvalue weighted by atomic mass is 19.3. The lowest BCUT2D eigenvalue weighted by molar-refractivity contribution is -0.129. The van der Waals surface area contributed by atoms with Crippen LogP contribution in [0.2, 0.25) is 0 Å². The van der Waals surface area contributed by atoms with E-state index in [0.717, 1.165) is 16.6 Å². The molecule has 26 heavy (non-hydrogen) atoms. The van der Waals surface area contributed by atoms with E-state index in [0.29, 0.717) is 24.2 Å². The van der Waals surface area contributed by atoms with Crippen LogP contribution in [-0.2, 0) is 0 Å². The second kappa shape index (κ2) is 6.45. The van der Waals surface area contributed by atoms with E-state index in [4.69, 9.17) is 0 Å². The number of pyridine rings is 1. The molecular formula is C18H17F2N5O. The highest BCUT2D eigenvalue weighted by molar-refractivity contribution is 6.05. The number of benzene rings is 1.